The molecule has 0 aliphatic rings. The van der Waals surface area contributed by atoms with Crippen LogP contribution in [0.15, 0.2) is 12.2 Å². The van der Waals surface area contributed by atoms with Gasteiger partial charge in [-0.1, -0.05) is 18.1 Å². The van der Waals surface area contributed by atoms with Crippen molar-refractivity contribution in [2.24, 2.45) is 5.92 Å². The van der Waals surface area contributed by atoms with Gasteiger partial charge in [-0.25, -0.2) is 0 Å². The molecule has 0 radical (unpaired) electrons. The van der Waals surface area contributed by atoms with Gasteiger partial charge in [0.2, 0.25) is 0 Å². The molecule has 76 valence electrons. The van der Waals surface area contributed by atoms with E-state index in [0.717, 1.165) is 19.3 Å². The smallest absolute Gasteiger partial charge is 0.104 e. The Bertz CT molecular complexity index is 280. The molecule has 0 spiro atoms. The lowest BCUT2D eigenvalue weighted by atomic mass is 9.93. The second-order valence-corrected chi connectivity index (χ2v) is 3.22. The van der Waals surface area contributed by atoms with Crippen LogP contribution in [0.1, 0.15) is 33.1 Å². The van der Waals surface area contributed by atoms with Crippen molar-refractivity contribution in [3.05, 3.63) is 12.2 Å². The molecule has 1 N–H and O–H groups in total. The fraction of sp³-hybridized carbons (Fsp3) is 0.538. The van der Waals surface area contributed by atoms with E-state index in [0.29, 0.717) is 5.92 Å². The minimum atomic E-state index is -0.0491. The van der Waals surface area contributed by atoms with Crippen molar-refractivity contribution >= 4 is 0 Å². The molecule has 0 aliphatic carbocycles. The molecule has 0 aromatic rings. The highest BCUT2D eigenvalue weighted by Gasteiger charge is 2.06. The molecule has 0 aliphatic heterocycles. The molecule has 0 heterocycles. The summed E-state index contributed by atoms with van der Waals surface area (Å²) >= 11 is 0. The number of allylic oxidation sites excluding steroid dienone is 1. The van der Waals surface area contributed by atoms with Crippen molar-refractivity contribution in [2.45, 2.75) is 33.1 Å². The zero-order valence-electron chi connectivity index (χ0n) is 9.06. The fourth-order valence-electron chi connectivity index (χ4n) is 1.14. The monoisotopic (exact) mass is 190 g/mol. The Labute approximate surface area is 87.2 Å². The van der Waals surface area contributed by atoms with E-state index in [-0.39, 0.29) is 6.61 Å². The van der Waals surface area contributed by atoms with Gasteiger partial charge in [-0.15, -0.1) is 17.8 Å². The first-order valence-electron chi connectivity index (χ1n) is 4.84. The van der Waals surface area contributed by atoms with E-state index in [9.17, 15) is 0 Å². The lowest BCUT2D eigenvalue weighted by molar-refractivity contribution is 0.350. The number of hydrogen-bond acceptors (Lipinski definition) is 1. The Kier molecular flexibility index (Phi) is 7.71. The maximum Gasteiger partial charge on any atom is 0.104 e. The first kappa shape index (κ1) is 12.8. The summed E-state index contributed by atoms with van der Waals surface area (Å²) in [6.07, 6.45) is 2.66. The van der Waals surface area contributed by atoms with Crippen molar-refractivity contribution in [3.63, 3.8) is 0 Å². The first-order valence-corrected chi connectivity index (χ1v) is 4.84. The molecule has 0 amide bonds. The molecule has 0 aromatic carbocycles. The van der Waals surface area contributed by atoms with Gasteiger partial charge in [-0.2, -0.15) is 0 Å². The van der Waals surface area contributed by atoms with Gasteiger partial charge >= 0.3 is 0 Å². The van der Waals surface area contributed by atoms with Gasteiger partial charge < -0.3 is 5.11 Å². The third-order valence-electron chi connectivity index (χ3n) is 2.04. The van der Waals surface area contributed by atoms with Crippen LogP contribution in [0.4, 0.5) is 0 Å². The summed E-state index contributed by atoms with van der Waals surface area (Å²) in [5.74, 6) is 11.9. The van der Waals surface area contributed by atoms with Crippen LogP contribution in [-0.4, -0.2) is 11.7 Å². The molecule has 1 atom stereocenters. The summed E-state index contributed by atoms with van der Waals surface area (Å²) in [5, 5.41) is 8.47. The van der Waals surface area contributed by atoms with Gasteiger partial charge in [0.15, 0.2) is 0 Å². The molecule has 0 saturated carbocycles. The van der Waals surface area contributed by atoms with E-state index in [1.807, 2.05) is 13.8 Å². The highest BCUT2D eigenvalue weighted by atomic mass is 16.2. The number of aliphatic hydroxyl groups excluding tert-OH is 1. The van der Waals surface area contributed by atoms with Crippen molar-refractivity contribution in [1.82, 2.24) is 0 Å². The molecule has 14 heavy (non-hydrogen) atoms. The van der Waals surface area contributed by atoms with E-state index >= 15 is 0 Å². The number of hydrogen-bond donors (Lipinski definition) is 1. The Morgan fingerprint density at radius 1 is 1.36 bits per heavy atom. The van der Waals surface area contributed by atoms with Gasteiger partial charge in [-0.05, 0) is 26.2 Å². The molecule has 0 bridgehead atoms. The standard InChI is InChI=1S/C13H18O/c1-4-5-9-13(12(2)3)10-7-6-8-11-14/h13-14H,2,7,9-11H2,1,3H3/t13-/m0/s1. The van der Waals surface area contributed by atoms with Crippen LogP contribution in [0.5, 0.6) is 0 Å². The Morgan fingerprint density at radius 3 is 2.57 bits per heavy atom. The minimum absolute atomic E-state index is 0.0491. The van der Waals surface area contributed by atoms with E-state index in [2.05, 4.69) is 30.3 Å². The highest BCUT2D eigenvalue weighted by molar-refractivity contribution is 5.07. The Hall–Kier alpha value is -1.18. The second kappa shape index (κ2) is 8.42. The van der Waals surface area contributed by atoms with Crippen molar-refractivity contribution in [1.29, 1.82) is 0 Å². The van der Waals surface area contributed by atoms with Gasteiger partial charge in [0.25, 0.3) is 0 Å². The molecule has 0 rings (SSSR count). The predicted octanol–water partition coefficient (Wildman–Crippen LogP) is 2.37. The molecular formula is C13H18O. The van der Waals surface area contributed by atoms with Crippen molar-refractivity contribution in [3.8, 4) is 23.7 Å². The maximum atomic E-state index is 8.47. The summed E-state index contributed by atoms with van der Waals surface area (Å²) in [6.45, 7) is 7.77. The first-order chi connectivity index (χ1) is 6.72. The average molecular weight is 190 g/mol. The third kappa shape index (κ3) is 6.35. The Balaban J connectivity index is 3.95. The third-order valence-corrected chi connectivity index (χ3v) is 2.04. The Morgan fingerprint density at radius 2 is 2.07 bits per heavy atom. The summed E-state index contributed by atoms with van der Waals surface area (Å²) in [4.78, 5) is 0. The SMILES string of the molecule is C=C(C)[C@@H](CC#CC)CCC#CCO. The summed E-state index contributed by atoms with van der Waals surface area (Å²) in [7, 11) is 0. The lowest BCUT2D eigenvalue weighted by Crippen LogP contribution is -1.99. The van der Waals surface area contributed by atoms with E-state index in [1.165, 1.54) is 5.57 Å². The van der Waals surface area contributed by atoms with Crippen LogP contribution >= 0.6 is 0 Å². The molecule has 0 fully saturated rings. The lowest BCUT2D eigenvalue weighted by Gasteiger charge is -2.11. The maximum absolute atomic E-state index is 8.47. The minimum Gasteiger partial charge on any atom is -0.384 e. The molecule has 1 heteroatoms. The normalized spacial score (nSPS) is 10.5. The van der Waals surface area contributed by atoms with Gasteiger partial charge in [0.05, 0.1) is 0 Å². The highest BCUT2D eigenvalue weighted by Crippen LogP contribution is 2.18. The van der Waals surface area contributed by atoms with Crippen LogP contribution in [0.2, 0.25) is 0 Å². The number of aliphatic hydroxyl groups is 1. The van der Waals surface area contributed by atoms with Crippen LogP contribution < -0.4 is 0 Å². The van der Waals surface area contributed by atoms with E-state index in [1.54, 1.807) is 0 Å². The van der Waals surface area contributed by atoms with Crippen LogP contribution in [0, 0.1) is 29.6 Å². The average Bonchev–Trinajstić information content (AvgIpc) is 2.16. The second-order valence-electron chi connectivity index (χ2n) is 3.22. The molecule has 0 aromatic heterocycles. The molecule has 1 nitrogen and oxygen atoms in total. The number of rotatable bonds is 4. The summed E-state index contributed by atoms with van der Waals surface area (Å²) < 4.78 is 0. The van der Waals surface area contributed by atoms with Crippen LogP contribution in [-0.2, 0) is 0 Å². The van der Waals surface area contributed by atoms with Crippen molar-refractivity contribution in [2.75, 3.05) is 6.61 Å². The van der Waals surface area contributed by atoms with Gasteiger partial charge in [0, 0.05) is 12.8 Å². The van der Waals surface area contributed by atoms with Gasteiger partial charge in [-0.3, -0.25) is 0 Å². The fourth-order valence-corrected chi connectivity index (χ4v) is 1.14. The zero-order valence-corrected chi connectivity index (χ0v) is 9.06. The van der Waals surface area contributed by atoms with Crippen molar-refractivity contribution < 1.29 is 5.11 Å². The predicted molar refractivity (Wildman–Crippen MR) is 60.5 cm³/mol. The zero-order chi connectivity index (χ0) is 10.8. The summed E-state index contributed by atoms with van der Waals surface area (Å²) in [6, 6.07) is 0. The molecule has 0 unspecified atom stereocenters. The topological polar surface area (TPSA) is 20.2 Å². The van der Waals surface area contributed by atoms with Crippen LogP contribution in [0.3, 0.4) is 0 Å². The summed E-state index contributed by atoms with van der Waals surface area (Å²) in [5.41, 5.74) is 1.17. The molecular weight excluding hydrogens is 172 g/mol. The van der Waals surface area contributed by atoms with Gasteiger partial charge in [0.1, 0.15) is 6.61 Å². The van der Waals surface area contributed by atoms with E-state index in [4.69, 9.17) is 5.11 Å². The van der Waals surface area contributed by atoms with E-state index < -0.39 is 0 Å². The van der Waals surface area contributed by atoms with Crippen LogP contribution in [0.25, 0.3) is 0 Å². The quantitative estimate of drug-likeness (QED) is 0.533. The molecule has 0 saturated heterocycles. The largest absolute Gasteiger partial charge is 0.384 e.